The molecule has 24 nitrogen and oxygen atoms in total. The predicted molar refractivity (Wildman–Crippen MR) is 247 cm³/mol. The lowest BCUT2D eigenvalue weighted by Crippen LogP contribution is -2.51. The van der Waals surface area contributed by atoms with E-state index in [0.29, 0.717) is 25.7 Å². The van der Waals surface area contributed by atoms with Crippen molar-refractivity contribution in [3.8, 4) is 0 Å². The van der Waals surface area contributed by atoms with E-state index in [1.54, 1.807) is 24.5 Å². The number of unbranched alkanes of at least 4 members (excludes halogenated alkanes) is 3. The molecule has 0 spiro atoms. The second-order valence-corrected chi connectivity index (χ2v) is 17.7. The first kappa shape index (κ1) is 59.4. The molecule has 1 aromatic rings. The first-order chi connectivity index (χ1) is 32.6. The quantitative estimate of drug-likeness (QED) is 0.0473. The molecule has 0 aliphatic carbocycles. The maximum absolute atomic E-state index is 13.5. The number of Topliss-reactive ketones (excluding diaryl/α,β-unsaturated/α-hetero) is 1. The second kappa shape index (κ2) is 32.1. The molecule has 1 heterocycles. The molecule has 3 atom stereocenters. The molecular formula is C44H66BrN7O17. The molecule has 1 unspecified atom stereocenters. The number of halogens is 1. The van der Waals surface area contributed by atoms with Crippen LogP contribution in [0.3, 0.4) is 0 Å². The van der Waals surface area contributed by atoms with Crippen molar-refractivity contribution in [1.82, 2.24) is 35.1 Å². The Morgan fingerprint density at radius 2 is 1.00 bits per heavy atom. The summed E-state index contributed by atoms with van der Waals surface area (Å²) in [5.41, 5.74) is 0.835. The standard InChI is InChI=1S/C44H66BrN7O17/c45-31-11-9-30(10-12-31)26-52(17-5-4-7-33(41(63)64)46-44(69)47-34(42(65)66)14-16-37(55)56)36(54)8-3-1-2-6-32(53)13-15-35(43(67)68)51-24-22-49(28-39(59)60)20-18-48(27-38(57)58)19-21-50(23-25-51)29-40(61)62/h9-12,33-35H,1-8,13-29H2,(H,55,56)(H,57,58)(H,59,60)(H,61,62)(H,63,64)(H,65,66)(H,67,68)(H2,46,47,69)/t33-,34-,35?/m0/s1. The first-order valence-corrected chi connectivity index (χ1v) is 23.5. The average Bonchev–Trinajstić information content (AvgIpc) is 3.25. The van der Waals surface area contributed by atoms with E-state index >= 15 is 0 Å². The van der Waals surface area contributed by atoms with Gasteiger partial charge >= 0.3 is 47.8 Å². The van der Waals surface area contributed by atoms with Gasteiger partial charge in [-0.25, -0.2) is 14.4 Å². The average molecular weight is 1040 g/mol. The summed E-state index contributed by atoms with van der Waals surface area (Å²) in [4.78, 5) is 129. The number of benzene rings is 1. The second-order valence-electron chi connectivity index (χ2n) is 16.8. The molecule has 2 rings (SSSR count). The Balaban J connectivity index is 1.99. The molecule has 25 heteroatoms. The minimum atomic E-state index is -1.55. The molecule has 3 amide bonds. The van der Waals surface area contributed by atoms with Gasteiger partial charge in [0.25, 0.3) is 0 Å². The highest BCUT2D eigenvalue weighted by Crippen LogP contribution is 2.17. The summed E-state index contributed by atoms with van der Waals surface area (Å²) in [5.74, 6) is -9.04. The van der Waals surface area contributed by atoms with E-state index in [-0.39, 0.29) is 135 Å². The number of nitrogens with one attached hydrogen (secondary N) is 2. The summed E-state index contributed by atoms with van der Waals surface area (Å²) >= 11 is 3.39. The SMILES string of the molecule is O=C(O)CC[C@H](NC(=O)N[C@@H](CCCCN(Cc1ccc(Br)cc1)C(=O)CCCCCC(=O)CCC(C(=O)O)N1CCN(CC(=O)O)CCN(CC(=O)O)CCN(CC(=O)O)CC1)C(=O)O)C(=O)O. The van der Waals surface area contributed by atoms with Gasteiger partial charge in [-0.15, -0.1) is 0 Å². The lowest BCUT2D eigenvalue weighted by Gasteiger charge is -2.35. The largest absolute Gasteiger partial charge is 0.481 e. The molecule has 1 aliphatic rings. The number of aliphatic carboxylic acids is 7. The van der Waals surface area contributed by atoms with E-state index in [9.17, 15) is 78.6 Å². The first-order valence-electron chi connectivity index (χ1n) is 22.7. The zero-order chi connectivity index (χ0) is 51.5. The van der Waals surface area contributed by atoms with Crippen LogP contribution in [0.25, 0.3) is 0 Å². The third-order valence-corrected chi connectivity index (χ3v) is 11.9. The van der Waals surface area contributed by atoms with Crippen molar-refractivity contribution in [3.63, 3.8) is 0 Å². The molecule has 0 radical (unpaired) electrons. The molecule has 69 heavy (non-hydrogen) atoms. The lowest BCUT2D eigenvalue weighted by atomic mass is 10.0. The van der Waals surface area contributed by atoms with Gasteiger partial charge in [0.2, 0.25) is 5.91 Å². The van der Waals surface area contributed by atoms with Gasteiger partial charge in [0, 0.05) is 95.6 Å². The van der Waals surface area contributed by atoms with Crippen molar-refractivity contribution in [2.75, 3.05) is 78.5 Å². The number of hydrogen-bond donors (Lipinski definition) is 9. The minimum Gasteiger partial charge on any atom is -0.481 e. The number of urea groups is 1. The van der Waals surface area contributed by atoms with E-state index in [1.807, 2.05) is 24.3 Å². The Bertz CT molecular complexity index is 1860. The molecule has 1 aromatic carbocycles. The Hall–Kier alpha value is -5.76. The molecule has 0 saturated carbocycles. The summed E-state index contributed by atoms with van der Waals surface area (Å²) in [7, 11) is 0. The van der Waals surface area contributed by atoms with Crippen molar-refractivity contribution < 1.29 is 83.7 Å². The molecule has 1 fully saturated rings. The fourth-order valence-corrected chi connectivity index (χ4v) is 7.89. The van der Waals surface area contributed by atoms with Crippen LogP contribution < -0.4 is 10.6 Å². The maximum Gasteiger partial charge on any atom is 0.326 e. The van der Waals surface area contributed by atoms with Crippen LogP contribution in [0.4, 0.5) is 4.79 Å². The predicted octanol–water partition coefficient (Wildman–Crippen LogP) is 1.25. The van der Waals surface area contributed by atoms with Crippen LogP contribution in [0.5, 0.6) is 0 Å². The lowest BCUT2D eigenvalue weighted by molar-refractivity contribution is -0.145. The monoisotopic (exact) mass is 1040 g/mol. The van der Waals surface area contributed by atoms with Crippen LogP contribution in [0.15, 0.2) is 28.7 Å². The number of amides is 3. The number of ketones is 1. The third-order valence-electron chi connectivity index (χ3n) is 11.4. The summed E-state index contributed by atoms with van der Waals surface area (Å²) in [5, 5.41) is 70.9. The fraction of sp³-hybridized carbons (Fsp3) is 0.636. The topological polar surface area (TPSA) is 353 Å². The van der Waals surface area contributed by atoms with Gasteiger partial charge in [-0.1, -0.05) is 34.5 Å². The van der Waals surface area contributed by atoms with Crippen LogP contribution in [-0.2, 0) is 49.7 Å². The number of carbonyl (C=O) groups excluding carboxylic acids is 3. The highest BCUT2D eigenvalue weighted by molar-refractivity contribution is 9.10. The zero-order valence-corrected chi connectivity index (χ0v) is 40.1. The van der Waals surface area contributed by atoms with E-state index < -0.39 is 78.8 Å². The van der Waals surface area contributed by atoms with E-state index in [4.69, 9.17) is 5.11 Å². The Morgan fingerprint density at radius 1 is 0.522 bits per heavy atom. The number of carboxylic acid groups (broad SMARTS) is 7. The van der Waals surface area contributed by atoms with Gasteiger partial charge < -0.3 is 51.3 Å². The van der Waals surface area contributed by atoms with E-state index in [0.717, 1.165) is 10.0 Å². The van der Waals surface area contributed by atoms with Crippen LogP contribution in [0, 0.1) is 0 Å². The maximum atomic E-state index is 13.5. The summed E-state index contributed by atoms with van der Waals surface area (Å²) in [6, 6.07) is 2.15. The van der Waals surface area contributed by atoms with Crippen molar-refractivity contribution in [2.45, 2.75) is 102 Å². The number of hydrogen-bond acceptors (Lipinski definition) is 14. The highest BCUT2D eigenvalue weighted by atomic mass is 79.9. The van der Waals surface area contributed by atoms with Gasteiger partial charge in [-0.05, 0) is 62.6 Å². The number of rotatable bonds is 31. The Labute approximate surface area is 407 Å². The zero-order valence-electron chi connectivity index (χ0n) is 38.5. The molecule has 0 aromatic heterocycles. The van der Waals surface area contributed by atoms with Crippen LogP contribution >= 0.6 is 15.9 Å². The van der Waals surface area contributed by atoms with Crippen molar-refractivity contribution in [2.24, 2.45) is 0 Å². The summed E-state index contributed by atoms with van der Waals surface area (Å²) < 4.78 is 0.835. The van der Waals surface area contributed by atoms with E-state index in [2.05, 4.69) is 26.6 Å². The van der Waals surface area contributed by atoms with E-state index in [1.165, 1.54) is 0 Å². The number of nitrogens with zero attached hydrogens (tertiary/aromatic N) is 5. The normalized spacial score (nSPS) is 15.8. The van der Waals surface area contributed by atoms with Crippen molar-refractivity contribution in [1.29, 1.82) is 0 Å². The van der Waals surface area contributed by atoms with Crippen LogP contribution in [0.2, 0.25) is 0 Å². The van der Waals surface area contributed by atoms with Crippen molar-refractivity contribution in [3.05, 3.63) is 34.3 Å². The van der Waals surface area contributed by atoms with Gasteiger partial charge in [0.05, 0.1) is 19.6 Å². The van der Waals surface area contributed by atoms with Gasteiger partial charge in [0.1, 0.15) is 23.9 Å². The van der Waals surface area contributed by atoms with Crippen LogP contribution in [0.1, 0.15) is 82.6 Å². The molecule has 1 aliphatic heterocycles. The molecular weight excluding hydrogens is 978 g/mol. The van der Waals surface area contributed by atoms with Gasteiger partial charge in [-0.2, -0.15) is 0 Å². The highest BCUT2D eigenvalue weighted by Gasteiger charge is 2.29. The van der Waals surface area contributed by atoms with Crippen molar-refractivity contribution >= 4 is 75.4 Å². The molecule has 9 N–H and O–H groups in total. The third kappa shape index (κ3) is 26.0. The fourth-order valence-electron chi connectivity index (χ4n) is 7.62. The molecule has 1 saturated heterocycles. The molecule has 0 bridgehead atoms. The number of carbonyl (C=O) groups is 10. The summed E-state index contributed by atoms with van der Waals surface area (Å²) in [6.45, 7) is 0.490. The minimum absolute atomic E-state index is 0.0530. The Morgan fingerprint density at radius 3 is 1.46 bits per heavy atom. The van der Waals surface area contributed by atoms with Crippen LogP contribution in [-0.4, -0.2) is 216 Å². The number of carboxylic acids is 7. The Kier molecular flexibility index (Phi) is 27.6. The summed E-state index contributed by atoms with van der Waals surface area (Å²) in [6.07, 6.45) is 1.12. The van der Waals surface area contributed by atoms with Gasteiger partial charge in [-0.3, -0.25) is 53.2 Å². The van der Waals surface area contributed by atoms with Gasteiger partial charge in [0.15, 0.2) is 0 Å². The molecule has 386 valence electrons. The smallest absolute Gasteiger partial charge is 0.326 e.